The fraction of sp³-hybridized carbons (Fsp3) is 0.176. The first-order valence-electron chi connectivity index (χ1n) is 7.22. The van der Waals surface area contributed by atoms with E-state index >= 15 is 0 Å². The summed E-state index contributed by atoms with van der Waals surface area (Å²) in [5.74, 6) is -0.998. The van der Waals surface area contributed by atoms with Crippen molar-refractivity contribution < 1.29 is 22.7 Å². The zero-order valence-corrected chi connectivity index (χ0v) is 12.7. The molecule has 0 saturated heterocycles. The fourth-order valence-electron chi connectivity index (χ4n) is 2.50. The molecule has 0 fully saturated rings. The van der Waals surface area contributed by atoms with Crippen molar-refractivity contribution in [1.29, 1.82) is 0 Å². The Bertz CT molecular complexity index is 895. The predicted octanol–water partition coefficient (Wildman–Crippen LogP) is 4.22. The number of ether oxygens (including phenoxy) is 1. The minimum Gasteiger partial charge on any atom is -0.462 e. The minimum absolute atomic E-state index is 0.000498. The van der Waals surface area contributed by atoms with Crippen LogP contribution in [-0.4, -0.2) is 22.1 Å². The van der Waals surface area contributed by atoms with Crippen LogP contribution in [0.4, 0.5) is 13.2 Å². The number of hydrogen-bond acceptors (Lipinski definition) is 3. The molecule has 3 aromatic rings. The van der Waals surface area contributed by atoms with E-state index in [0.29, 0.717) is 16.6 Å². The van der Waals surface area contributed by atoms with Crippen LogP contribution in [0.3, 0.4) is 0 Å². The number of esters is 1. The molecule has 0 spiro atoms. The van der Waals surface area contributed by atoms with E-state index in [1.54, 1.807) is 37.3 Å². The van der Waals surface area contributed by atoms with E-state index in [1.165, 1.54) is 10.8 Å². The van der Waals surface area contributed by atoms with Gasteiger partial charge in [0.25, 0.3) is 0 Å². The summed E-state index contributed by atoms with van der Waals surface area (Å²) in [6.07, 6.45) is -1.11. The van der Waals surface area contributed by atoms with Crippen molar-refractivity contribution in [1.82, 2.24) is 9.55 Å². The number of hydrogen-bond donors (Lipinski definition) is 0. The van der Waals surface area contributed by atoms with Gasteiger partial charge in [0, 0.05) is 24.0 Å². The number of aromatic nitrogens is 2. The highest BCUT2D eigenvalue weighted by Crippen LogP contribution is 2.34. The van der Waals surface area contributed by atoms with Gasteiger partial charge in [0.2, 0.25) is 0 Å². The Labute approximate surface area is 135 Å². The molecule has 1 aromatic carbocycles. The molecule has 0 aliphatic rings. The van der Waals surface area contributed by atoms with Gasteiger partial charge in [-0.05, 0) is 19.1 Å². The van der Waals surface area contributed by atoms with Crippen LogP contribution in [0.1, 0.15) is 22.8 Å². The van der Waals surface area contributed by atoms with Crippen LogP contribution in [0.15, 0.2) is 48.9 Å². The van der Waals surface area contributed by atoms with Gasteiger partial charge in [0.1, 0.15) is 0 Å². The third-order valence-corrected chi connectivity index (χ3v) is 3.53. The van der Waals surface area contributed by atoms with E-state index in [4.69, 9.17) is 4.74 Å². The summed E-state index contributed by atoms with van der Waals surface area (Å²) in [7, 11) is 0. The van der Waals surface area contributed by atoms with Crippen molar-refractivity contribution in [3.63, 3.8) is 0 Å². The summed E-state index contributed by atoms with van der Waals surface area (Å²) in [5, 5.41) is 0.680. The molecule has 0 unspecified atom stereocenters. The summed E-state index contributed by atoms with van der Waals surface area (Å²) in [6, 6.07) is 8.68. The molecule has 4 nitrogen and oxygen atoms in total. The Kier molecular flexibility index (Phi) is 4.01. The molecule has 0 amide bonds. The van der Waals surface area contributed by atoms with Gasteiger partial charge in [-0.2, -0.15) is 13.2 Å². The number of alkyl halides is 3. The SMILES string of the molecule is CCOC(=O)c1cn(-c2ccnc3ccccc23)cc1C(F)(F)F. The molecular formula is C17H13F3N2O2. The maximum absolute atomic E-state index is 13.3. The van der Waals surface area contributed by atoms with Crippen molar-refractivity contribution in [2.75, 3.05) is 6.61 Å². The van der Waals surface area contributed by atoms with Crippen molar-refractivity contribution >= 4 is 16.9 Å². The molecule has 0 N–H and O–H groups in total. The second-order valence-electron chi connectivity index (χ2n) is 5.06. The summed E-state index contributed by atoms with van der Waals surface area (Å²) < 4.78 is 45.8. The van der Waals surface area contributed by atoms with Crippen LogP contribution < -0.4 is 0 Å². The Balaban J connectivity index is 2.20. The lowest BCUT2D eigenvalue weighted by atomic mass is 10.2. The van der Waals surface area contributed by atoms with Gasteiger partial charge in [-0.3, -0.25) is 4.98 Å². The van der Waals surface area contributed by atoms with Crippen molar-refractivity contribution in [3.8, 4) is 5.69 Å². The van der Waals surface area contributed by atoms with E-state index in [9.17, 15) is 18.0 Å². The molecule has 24 heavy (non-hydrogen) atoms. The van der Waals surface area contributed by atoms with E-state index in [1.807, 2.05) is 0 Å². The Morgan fingerprint density at radius 2 is 1.96 bits per heavy atom. The topological polar surface area (TPSA) is 44.1 Å². The highest BCUT2D eigenvalue weighted by Gasteiger charge is 2.37. The molecule has 7 heteroatoms. The standard InChI is InChI=1S/C17H13F3N2O2/c1-2-24-16(23)12-9-22(10-13(12)17(18,19)20)15-7-8-21-14-6-4-3-5-11(14)15/h3-10H,2H2,1H3. The summed E-state index contributed by atoms with van der Waals surface area (Å²) in [4.78, 5) is 16.1. The molecule has 2 aromatic heterocycles. The van der Waals surface area contributed by atoms with Crippen LogP contribution in [0, 0.1) is 0 Å². The van der Waals surface area contributed by atoms with Gasteiger partial charge in [-0.15, -0.1) is 0 Å². The summed E-state index contributed by atoms with van der Waals surface area (Å²) in [6.45, 7) is 1.54. The van der Waals surface area contributed by atoms with Crippen molar-refractivity contribution in [3.05, 3.63) is 60.0 Å². The Hall–Kier alpha value is -2.83. The maximum atomic E-state index is 13.3. The first-order chi connectivity index (χ1) is 11.4. The van der Waals surface area contributed by atoms with Gasteiger partial charge < -0.3 is 9.30 Å². The number of halogens is 3. The van der Waals surface area contributed by atoms with E-state index in [2.05, 4.69) is 4.98 Å². The molecule has 0 saturated carbocycles. The highest BCUT2D eigenvalue weighted by atomic mass is 19.4. The third-order valence-electron chi connectivity index (χ3n) is 3.53. The van der Waals surface area contributed by atoms with Crippen molar-refractivity contribution in [2.45, 2.75) is 13.1 Å². The number of benzene rings is 1. The van der Waals surface area contributed by atoms with Crippen molar-refractivity contribution in [2.24, 2.45) is 0 Å². The first-order valence-corrected chi connectivity index (χ1v) is 7.22. The second-order valence-corrected chi connectivity index (χ2v) is 5.06. The lowest BCUT2D eigenvalue weighted by Crippen LogP contribution is -2.12. The van der Waals surface area contributed by atoms with Gasteiger partial charge in [-0.25, -0.2) is 4.79 Å². The van der Waals surface area contributed by atoms with Crippen LogP contribution >= 0.6 is 0 Å². The number of nitrogens with zero attached hydrogens (tertiary/aromatic N) is 2. The Morgan fingerprint density at radius 3 is 2.67 bits per heavy atom. The normalized spacial score (nSPS) is 11.7. The molecule has 3 rings (SSSR count). The number of carbonyl (C=O) groups excluding carboxylic acids is 1. The number of para-hydroxylation sites is 1. The van der Waals surface area contributed by atoms with E-state index in [0.717, 1.165) is 12.4 Å². The van der Waals surface area contributed by atoms with Gasteiger partial charge in [0.05, 0.1) is 28.9 Å². The van der Waals surface area contributed by atoms with Crippen LogP contribution in [0.2, 0.25) is 0 Å². The molecular weight excluding hydrogens is 321 g/mol. The monoisotopic (exact) mass is 334 g/mol. The molecule has 2 heterocycles. The molecule has 0 bridgehead atoms. The van der Waals surface area contributed by atoms with Crippen LogP contribution in [-0.2, 0) is 10.9 Å². The molecule has 0 aliphatic carbocycles. The zero-order valence-electron chi connectivity index (χ0n) is 12.7. The number of pyridine rings is 1. The minimum atomic E-state index is -4.66. The molecule has 124 valence electrons. The second kappa shape index (κ2) is 5.99. The molecule has 0 radical (unpaired) electrons. The fourth-order valence-corrected chi connectivity index (χ4v) is 2.50. The maximum Gasteiger partial charge on any atom is 0.418 e. The summed E-state index contributed by atoms with van der Waals surface area (Å²) in [5.41, 5.74) is -0.385. The van der Waals surface area contributed by atoms with Gasteiger partial charge >= 0.3 is 12.1 Å². The van der Waals surface area contributed by atoms with E-state index in [-0.39, 0.29) is 6.61 Å². The average Bonchev–Trinajstić information content (AvgIpc) is 3.00. The highest BCUT2D eigenvalue weighted by molar-refractivity contribution is 5.92. The third kappa shape index (κ3) is 2.84. The zero-order chi connectivity index (χ0) is 17.3. The van der Waals surface area contributed by atoms with Crippen LogP contribution in [0.5, 0.6) is 0 Å². The lowest BCUT2D eigenvalue weighted by Gasteiger charge is -2.07. The molecule has 0 aliphatic heterocycles. The van der Waals surface area contributed by atoms with Gasteiger partial charge in [-0.1, -0.05) is 18.2 Å². The van der Waals surface area contributed by atoms with Gasteiger partial charge in [0.15, 0.2) is 0 Å². The first kappa shape index (κ1) is 16.0. The Morgan fingerprint density at radius 1 is 1.21 bits per heavy atom. The molecule has 0 atom stereocenters. The smallest absolute Gasteiger partial charge is 0.418 e. The average molecular weight is 334 g/mol. The van der Waals surface area contributed by atoms with Crippen LogP contribution in [0.25, 0.3) is 16.6 Å². The number of fused-ring (bicyclic) bond motifs is 1. The van der Waals surface area contributed by atoms with E-state index < -0.39 is 23.3 Å². The lowest BCUT2D eigenvalue weighted by molar-refractivity contribution is -0.138. The largest absolute Gasteiger partial charge is 0.462 e. The number of rotatable bonds is 3. The quantitative estimate of drug-likeness (QED) is 0.674. The number of carbonyl (C=O) groups is 1. The summed E-state index contributed by atoms with van der Waals surface area (Å²) >= 11 is 0. The predicted molar refractivity (Wildman–Crippen MR) is 82.0 cm³/mol.